The van der Waals surface area contributed by atoms with Crippen molar-refractivity contribution in [3.63, 3.8) is 0 Å². The van der Waals surface area contributed by atoms with Gasteiger partial charge in [-0.05, 0) is 24.6 Å². The fourth-order valence-electron chi connectivity index (χ4n) is 1.73. The molecule has 0 unspecified atom stereocenters. The quantitative estimate of drug-likeness (QED) is 0.910. The van der Waals surface area contributed by atoms with Gasteiger partial charge in [-0.25, -0.2) is 14.4 Å². The Bertz CT molecular complexity index is 685. The Balaban J connectivity index is 2.27. The van der Waals surface area contributed by atoms with Crippen LogP contribution in [0.3, 0.4) is 0 Å². The Morgan fingerprint density at radius 2 is 2.10 bits per heavy atom. The molecule has 0 saturated heterocycles. The number of amides is 1. The number of carbonyl (C=O) groups excluding carboxylic acids is 1. The van der Waals surface area contributed by atoms with Crippen LogP contribution in [-0.4, -0.2) is 15.9 Å². The Kier molecular flexibility index (Phi) is 4.16. The lowest BCUT2D eigenvalue weighted by atomic mass is 10.2. The van der Waals surface area contributed by atoms with Crippen molar-refractivity contribution in [2.24, 2.45) is 0 Å². The van der Waals surface area contributed by atoms with E-state index in [4.69, 9.17) is 5.73 Å². The van der Waals surface area contributed by atoms with Crippen LogP contribution in [0.5, 0.6) is 0 Å². The summed E-state index contributed by atoms with van der Waals surface area (Å²) in [5, 5.41) is 2.58. The molecule has 0 spiro atoms. The fourth-order valence-corrected chi connectivity index (χ4v) is 1.73. The van der Waals surface area contributed by atoms with Crippen LogP contribution in [0.25, 0.3) is 0 Å². The van der Waals surface area contributed by atoms with Crippen molar-refractivity contribution in [1.82, 2.24) is 9.97 Å². The van der Waals surface area contributed by atoms with Crippen molar-refractivity contribution in [3.05, 3.63) is 47.3 Å². The predicted octanol–water partition coefficient (Wildman–Crippen LogP) is 2.88. The van der Waals surface area contributed by atoms with Gasteiger partial charge in [0.25, 0.3) is 5.91 Å². The molecule has 3 N–H and O–H groups in total. The van der Waals surface area contributed by atoms with Crippen LogP contribution in [-0.2, 0) is 0 Å². The second-order valence-corrected chi connectivity index (χ2v) is 5.10. The smallest absolute Gasteiger partial charge is 0.276 e. The molecule has 0 atom stereocenters. The van der Waals surface area contributed by atoms with Crippen molar-refractivity contribution in [1.29, 1.82) is 0 Å². The number of nitrogen functional groups attached to an aromatic ring is 1. The van der Waals surface area contributed by atoms with Gasteiger partial charge in [-0.1, -0.05) is 19.9 Å². The number of nitrogens with zero attached hydrogens (tertiary/aromatic N) is 2. The Morgan fingerprint density at radius 1 is 1.38 bits per heavy atom. The molecule has 2 rings (SSSR count). The number of anilines is 2. The van der Waals surface area contributed by atoms with Crippen LogP contribution in [0.2, 0.25) is 0 Å². The van der Waals surface area contributed by atoms with Crippen LogP contribution in [0.1, 0.15) is 41.6 Å². The average molecular weight is 288 g/mol. The van der Waals surface area contributed by atoms with E-state index in [1.54, 1.807) is 19.1 Å². The highest BCUT2D eigenvalue weighted by molar-refractivity contribution is 6.06. The lowest BCUT2D eigenvalue weighted by Crippen LogP contribution is -2.18. The first-order chi connectivity index (χ1) is 9.88. The van der Waals surface area contributed by atoms with E-state index in [-0.39, 0.29) is 23.1 Å². The van der Waals surface area contributed by atoms with Crippen LogP contribution in [0.4, 0.5) is 15.8 Å². The van der Waals surface area contributed by atoms with Gasteiger partial charge in [0.15, 0.2) is 5.69 Å². The molecule has 1 heterocycles. The molecule has 1 aromatic carbocycles. The molecule has 21 heavy (non-hydrogen) atoms. The summed E-state index contributed by atoms with van der Waals surface area (Å²) in [5.74, 6) is -0.259. The van der Waals surface area contributed by atoms with Crippen molar-refractivity contribution < 1.29 is 9.18 Å². The van der Waals surface area contributed by atoms with Gasteiger partial charge in [-0.15, -0.1) is 0 Å². The van der Waals surface area contributed by atoms with Crippen LogP contribution in [0, 0.1) is 12.7 Å². The lowest BCUT2D eigenvalue weighted by Gasteiger charge is -2.10. The van der Waals surface area contributed by atoms with E-state index in [0.717, 1.165) is 0 Å². The summed E-state index contributed by atoms with van der Waals surface area (Å²) >= 11 is 0. The van der Waals surface area contributed by atoms with Gasteiger partial charge in [-0.3, -0.25) is 4.79 Å². The predicted molar refractivity (Wildman–Crippen MR) is 79.6 cm³/mol. The molecule has 0 saturated carbocycles. The van der Waals surface area contributed by atoms with Crippen molar-refractivity contribution in [2.45, 2.75) is 26.7 Å². The third-order valence-electron chi connectivity index (χ3n) is 3.00. The number of halogens is 1. The molecular weight excluding hydrogens is 271 g/mol. The number of hydrogen-bond donors (Lipinski definition) is 2. The first-order valence-electron chi connectivity index (χ1n) is 6.58. The minimum atomic E-state index is -0.486. The van der Waals surface area contributed by atoms with E-state index < -0.39 is 5.91 Å². The Labute approximate surface area is 122 Å². The molecule has 5 nitrogen and oxygen atoms in total. The largest absolute Gasteiger partial charge is 0.396 e. The molecule has 0 fully saturated rings. The van der Waals surface area contributed by atoms with Gasteiger partial charge in [0.1, 0.15) is 11.6 Å². The maximum atomic E-state index is 13.5. The number of benzene rings is 1. The molecule has 6 heteroatoms. The number of hydrogen-bond acceptors (Lipinski definition) is 4. The Morgan fingerprint density at radius 3 is 2.71 bits per heavy atom. The van der Waals surface area contributed by atoms with E-state index in [1.807, 2.05) is 13.8 Å². The molecule has 110 valence electrons. The molecule has 0 aliphatic carbocycles. The standard InChI is InChI=1S/C15H17FN4O/c1-8(2)14-18-7-12(17)13(20-14)15(21)19-10-5-4-9(3)11(16)6-10/h4-8H,17H2,1-3H3,(H,19,21). The van der Waals surface area contributed by atoms with Gasteiger partial charge < -0.3 is 11.1 Å². The number of nitrogens with one attached hydrogen (secondary N) is 1. The monoisotopic (exact) mass is 288 g/mol. The number of aryl methyl sites for hydroxylation is 1. The van der Waals surface area contributed by atoms with Crippen molar-refractivity contribution >= 4 is 17.3 Å². The van der Waals surface area contributed by atoms with Gasteiger partial charge in [0, 0.05) is 11.6 Å². The summed E-state index contributed by atoms with van der Waals surface area (Å²) in [5.41, 5.74) is 6.88. The molecular formula is C15H17FN4O. The second kappa shape index (κ2) is 5.87. The second-order valence-electron chi connectivity index (χ2n) is 5.10. The number of aromatic nitrogens is 2. The van der Waals surface area contributed by atoms with Gasteiger partial charge in [0.05, 0.1) is 11.9 Å². The fraction of sp³-hybridized carbons (Fsp3) is 0.267. The van der Waals surface area contributed by atoms with Crippen molar-refractivity contribution in [2.75, 3.05) is 11.1 Å². The van der Waals surface area contributed by atoms with E-state index in [0.29, 0.717) is 17.1 Å². The highest BCUT2D eigenvalue weighted by Gasteiger charge is 2.15. The minimum Gasteiger partial charge on any atom is -0.396 e. The van der Waals surface area contributed by atoms with Crippen LogP contribution in [0.15, 0.2) is 24.4 Å². The third kappa shape index (κ3) is 3.34. The summed E-state index contributed by atoms with van der Waals surface area (Å²) in [6.45, 7) is 5.49. The molecule has 0 aliphatic heterocycles. The van der Waals surface area contributed by atoms with Crippen LogP contribution >= 0.6 is 0 Å². The van der Waals surface area contributed by atoms with Gasteiger partial charge >= 0.3 is 0 Å². The molecule has 0 radical (unpaired) electrons. The zero-order valence-corrected chi connectivity index (χ0v) is 12.1. The van der Waals surface area contributed by atoms with E-state index in [2.05, 4.69) is 15.3 Å². The summed E-state index contributed by atoms with van der Waals surface area (Å²) in [7, 11) is 0. The van der Waals surface area contributed by atoms with Crippen molar-refractivity contribution in [3.8, 4) is 0 Å². The minimum absolute atomic E-state index is 0.0777. The maximum absolute atomic E-state index is 13.5. The maximum Gasteiger partial charge on any atom is 0.276 e. The number of carbonyl (C=O) groups is 1. The summed E-state index contributed by atoms with van der Waals surface area (Å²) < 4.78 is 13.5. The zero-order chi connectivity index (χ0) is 15.6. The first-order valence-corrected chi connectivity index (χ1v) is 6.58. The van der Waals surface area contributed by atoms with Gasteiger partial charge in [-0.2, -0.15) is 0 Å². The summed E-state index contributed by atoms with van der Waals surface area (Å²) in [6.07, 6.45) is 1.41. The van der Waals surface area contributed by atoms with Crippen LogP contribution < -0.4 is 11.1 Å². The van der Waals surface area contributed by atoms with Gasteiger partial charge in [0.2, 0.25) is 0 Å². The Hall–Kier alpha value is -2.50. The highest BCUT2D eigenvalue weighted by Crippen LogP contribution is 2.17. The molecule has 2 aromatic rings. The average Bonchev–Trinajstić information content (AvgIpc) is 2.43. The SMILES string of the molecule is Cc1ccc(NC(=O)c2nc(C(C)C)ncc2N)cc1F. The third-order valence-corrected chi connectivity index (χ3v) is 3.00. The molecule has 1 amide bonds. The zero-order valence-electron chi connectivity index (χ0n) is 12.1. The summed E-state index contributed by atoms with van der Waals surface area (Å²) in [4.78, 5) is 20.4. The highest BCUT2D eigenvalue weighted by atomic mass is 19.1. The van der Waals surface area contributed by atoms with E-state index in [9.17, 15) is 9.18 Å². The molecule has 0 aliphatic rings. The topological polar surface area (TPSA) is 80.9 Å². The lowest BCUT2D eigenvalue weighted by molar-refractivity contribution is 0.102. The number of nitrogens with two attached hydrogens (primary N) is 1. The molecule has 0 bridgehead atoms. The van der Waals surface area contributed by atoms with E-state index >= 15 is 0 Å². The number of rotatable bonds is 3. The van der Waals surface area contributed by atoms with E-state index in [1.165, 1.54) is 12.3 Å². The normalized spacial score (nSPS) is 10.7. The first kappa shape index (κ1) is 14.9. The summed E-state index contributed by atoms with van der Waals surface area (Å²) in [6, 6.07) is 4.47. The molecule has 1 aromatic heterocycles.